The predicted molar refractivity (Wildman–Crippen MR) is 136 cm³/mol. The molecule has 0 saturated carbocycles. The second-order valence-electron chi connectivity index (χ2n) is 11.0. The molecule has 4 N–H and O–H groups in total. The molecule has 3 rings (SSSR count). The van der Waals surface area contributed by atoms with Gasteiger partial charge in [-0.25, -0.2) is 9.59 Å². The molecule has 0 aromatic carbocycles. The van der Waals surface area contributed by atoms with E-state index in [2.05, 4.69) is 14.7 Å². The number of amides is 2. The first kappa shape index (κ1) is 28.9. The zero-order chi connectivity index (χ0) is 27.3. The fourth-order valence-electron chi connectivity index (χ4n) is 5.07. The first-order valence-electron chi connectivity index (χ1n) is 13.1. The van der Waals surface area contributed by atoms with Crippen LogP contribution in [0.5, 0.6) is 0 Å². The Hall–Kier alpha value is -2.64. The molecule has 13 nitrogen and oxygen atoms in total. The van der Waals surface area contributed by atoms with Gasteiger partial charge in [-0.3, -0.25) is 24.9 Å². The second kappa shape index (κ2) is 12.3. The minimum Gasteiger partial charge on any atom is -0.481 e. The van der Waals surface area contributed by atoms with Crippen molar-refractivity contribution < 1.29 is 29.0 Å². The van der Waals surface area contributed by atoms with Crippen LogP contribution >= 0.6 is 0 Å². The molecule has 3 aliphatic heterocycles. The summed E-state index contributed by atoms with van der Waals surface area (Å²) in [5.74, 6) is -0.864. The molecule has 0 spiro atoms. The number of nitrogens with one attached hydrogen (secondary N) is 1. The number of piperazine rings is 2. The number of ether oxygens (including phenoxy) is 2. The topological polar surface area (TPSA) is 156 Å². The van der Waals surface area contributed by atoms with Crippen LogP contribution in [-0.2, 0) is 14.3 Å². The molecule has 3 unspecified atom stereocenters. The second-order valence-corrected chi connectivity index (χ2v) is 11.0. The van der Waals surface area contributed by atoms with E-state index >= 15 is 0 Å². The lowest BCUT2D eigenvalue weighted by molar-refractivity contribution is -0.137. The van der Waals surface area contributed by atoms with Crippen LogP contribution in [0.2, 0.25) is 0 Å². The van der Waals surface area contributed by atoms with Crippen molar-refractivity contribution in [1.29, 1.82) is 5.41 Å². The van der Waals surface area contributed by atoms with E-state index in [0.29, 0.717) is 39.3 Å². The summed E-state index contributed by atoms with van der Waals surface area (Å²) >= 11 is 0. The molecule has 3 saturated heterocycles. The molecule has 3 atom stereocenters. The smallest absolute Gasteiger partial charge is 0.411 e. The summed E-state index contributed by atoms with van der Waals surface area (Å²) in [5.41, 5.74) is 5.19. The number of nitrogens with two attached hydrogens (primary N) is 1. The maximum absolute atomic E-state index is 12.6. The van der Waals surface area contributed by atoms with Crippen LogP contribution in [0.25, 0.3) is 0 Å². The molecule has 3 fully saturated rings. The van der Waals surface area contributed by atoms with Crippen molar-refractivity contribution in [2.24, 2.45) is 5.73 Å². The van der Waals surface area contributed by atoms with Gasteiger partial charge in [0.15, 0.2) is 6.23 Å². The van der Waals surface area contributed by atoms with Crippen molar-refractivity contribution in [3.05, 3.63) is 0 Å². The average Bonchev–Trinajstić information content (AvgIpc) is 3.10. The lowest BCUT2D eigenvalue weighted by Crippen LogP contribution is -2.60. The van der Waals surface area contributed by atoms with Crippen molar-refractivity contribution in [1.82, 2.24) is 24.5 Å². The van der Waals surface area contributed by atoms with Crippen LogP contribution in [0, 0.1) is 5.41 Å². The molecule has 3 aliphatic rings. The van der Waals surface area contributed by atoms with E-state index in [9.17, 15) is 14.4 Å². The monoisotopic (exact) mass is 525 g/mol. The van der Waals surface area contributed by atoms with Gasteiger partial charge in [-0.15, -0.1) is 0 Å². The molecular formula is C24H43N7O6. The Morgan fingerprint density at radius 1 is 1.08 bits per heavy atom. The van der Waals surface area contributed by atoms with E-state index in [1.165, 1.54) is 4.90 Å². The number of hydrogen-bond donors (Lipinski definition) is 3. The number of carboxylic acids is 1. The number of carbonyl (C=O) groups is 3. The van der Waals surface area contributed by atoms with Crippen LogP contribution in [0.15, 0.2) is 0 Å². The van der Waals surface area contributed by atoms with Gasteiger partial charge < -0.3 is 30.1 Å². The van der Waals surface area contributed by atoms with Gasteiger partial charge in [0.1, 0.15) is 17.5 Å². The number of amidine groups is 1. The molecule has 0 bridgehead atoms. The molecule has 13 heteroatoms. The highest BCUT2D eigenvalue weighted by atomic mass is 16.6. The van der Waals surface area contributed by atoms with Gasteiger partial charge in [-0.2, -0.15) is 0 Å². The first-order valence-corrected chi connectivity index (χ1v) is 13.1. The lowest BCUT2D eigenvalue weighted by atomic mass is 10.1. The maximum Gasteiger partial charge on any atom is 0.411 e. The van der Waals surface area contributed by atoms with Crippen LogP contribution in [0.1, 0.15) is 40.5 Å². The lowest BCUT2D eigenvalue weighted by Gasteiger charge is -2.41. The number of carbonyl (C=O) groups excluding carboxylic acids is 2. The molecular weight excluding hydrogens is 482 g/mol. The highest BCUT2D eigenvalue weighted by molar-refractivity contribution is 5.87. The van der Waals surface area contributed by atoms with Crippen molar-refractivity contribution in [2.45, 2.75) is 64.4 Å². The Morgan fingerprint density at radius 3 is 2.32 bits per heavy atom. The van der Waals surface area contributed by atoms with Crippen LogP contribution in [0.4, 0.5) is 9.59 Å². The van der Waals surface area contributed by atoms with Gasteiger partial charge in [-0.05, 0) is 40.7 Å². The molecule has 37 heavy (non-hydrogen) atoms. The van der Waals surface area contributed by atoms with E-state index in [4.69, 9.17) is 25.7 Å². The van der Waals surface area contributed by atoms with Gasteiger partial charge in [-0.1, -0.05) is 0 Å². The SMILES string of the molecule is CC1C(N2CCN(CCC(=O)O)CC2)OC(=O)N1CCCN1CCN(C(=O)OC(C)(C)C)C(C(=N)N)C1. The molecule has 0 aliphatic carbocycles. The Bertz CT molecular complexity index is 842. The third kappa shape index (κ3) is 7.92. The zero-order valence-corrected chi connectivity index (χ0v) is 22.5. The predicted octanol–water partition coefficient (Wildman–Crippen LogP) is 0.493. The van der Waals surface area contributed by atoms with E-state index in [-0.39, 0.29) is 30.6 Å². The Kier molecular flexibility index (Phi) is 9.59. The van der Waals surface area contributed by atoms with Gasteiger partial charge in [0, 0.05) is 58.9 Å². The number of hydrogen-bond acceptors (Lipinski definition) is 9. The summed E-state index contributed by atoms with van der Waals surface area (Å²) in [6, 6.07) is -0.634. The van der Waals surface area contributed by atoms with Crippen LogP contribution in [0.3, 0.4) is 0 Å². The minimum absolute atomic E-state index is 0.0711. The number of carboxylic acid groups (broad SMARTS) is 1. The summed E-state index contributed by atoms with van der Waals surface area (Å²) in [5, 5.41) is 16.9. The van der Waals surface area contributed by atoms with E-state index in [1.54, 1.807) is 25.7 Å². The quantitative estimate of drug-likeness (QED) is 0.286. The average molecular weight is 526 g/mol. The number of rotatable bonds is 9. The van der Waals surface area contributed by atoms with Gasteiger partial charge in [0.05, 0.1) is 12.5 Å². The van der Waals surface area contributed by atoms with Crippen molar-refractivity contribution in [3.8, 4) is 0 Å². The molecule has 0 aromatic rings. The largest absolute Gasteiger partial charge is 0.481 e. The number of nitrogens with zero attached hydrogens (tertiary/aromatic N) is 5. The van der Waals surface area contributed by atoms with Gasteiger partial charge in [0.25, 0.3) is 0 Å². The Labute approximate surface area is 218 Å². The zero-order valence-electron chi connectivity index (χ0n) is 22.5. The van der Waals surface area contributed by atoms with E-state index < -0.39 is 23.7 Å². The van der Waals surface area contributed by atoms with Gasteiger partial charge >= 0.3 is 18.2 Å². The highest BCUT2D eigenvalue weighted by Gasteiger charge is 2.42. The summed E-state index contributed by atoms with van der Waals surface area (Å²) in [7, 11) is 0. The van der Waals surface area contributed by atoms with Crippen molar-refractivity contribution in [2.75, 3.05) is 65.4 Å². The first-order chi connectivity index (χ1) is 17.4. The normalized spacial score (nSPS) is 26.3. The molecule has 0 aromatic heterocycles. The number of cyclic esters (lactones) is 1. The maximum atomic E-state index is 12.6. The fraction of sp³-hybridized carbons (Fsp3) is 0.833. The standard InChI is InChI=1S/C24H43N7O6/c1-17-21(29-13-10-27(11-14-29)9-6-19(32)33)36-22(34)30(17)8-5-7-28-12-15-31(18(16-28)20(25)26)23(35)37-24(2,3)4/h17-18,21H,5-16H2,1-4H3,(H3,25,26)(H,32,33). The highest BCUT2D eigenvalue weighted by Crippen LogP contribution is 2.24. The molecule has 3 heterocycles. The fourth-order valence-corrected chi connectivity index (χ4v) is 5.07. The summed E-state index contributed by atoms with van der Waals surface area (Å²) < 4.78 is 11.2. The summed E-state index contributed by atoms with van der Waals surface area (Å²) in [6.45, 7) is 13.7. The third-order valence-corrected chi connectivity index (χ3v) is 7.09. The van der Waals surface area contributed by atoms with Crippen molar-refractivity contribution in [3.63, 3.8) is 0 Å². The third-order valence-electron chi connectivity index (χ3n) is 7.09. The van der Waals surface area contributed by atoms with E-state index in [0.717, 1.165) is 32.6 Å². The number of aliphatic carboxylic acids is 1. The minimum atomic E-state index is -0.793. The van der Waals surface area contributed by atoms with Crippen LogP contribution < -0.4 is 5.73 Å². The molecule has 210 valence electrons. The van der Waals surface area contributed by atoms with Gasteiger partial charge in [0.2, 0.25) is 0 Å². The molecule has 0 radical (unpaired) electrons. The van der Waals surface area contributed by atoms with Crippen molar-refractivity contribution >= 4 is 24.0 Å². The summed E-state index contributed by atoms with van der Waals surface area (Å²) in [6.07, 6.45) is -0.233. The summed E-state index contributed by atoms with van der Waals surface area (Å²) in [4.78, 5) is 45.7. The Balaban J connectivity index is 1.44. The molecule has 2 amide bonds. The van der Waals surface area contributed by atoms with E-state index in [1.807, 2.05) is 6.92 Å². The van der Waals surface area contributed by atoms with Crippen LogP contribution in [-0.4, -0.2) is 143 Å². The Morgan fingerprint density at radius 2 is 1.73 bits per heavy atom.